The summed E-state index contributed by atoms with van der Waals surface area (Å²) in [5, 5.41) is 0. The topological polar surface area (TPSA) is 29.5 Å². The second-order valence-corrected chi connectivity index (χ2v) is 5.60. The lowest BCUT2D eigenvalue weighted by atomic mass is 9.99. The van der Waals surface area contributed by atoms with Crippen LogP contribution in [0.2, 0.25) is 0 Å². The third kappa shape index (κ3) is 2.39. The molecule has 1 saturated heterocycles. The molecule has 3 nitrogen and oxygen atoms in total. The largest absolute Gasteiger partial charge is 0.466 e. The molecule has 1 aromatic carbocycles. The van der Waals surface area contributed by atoms with Crippen molar-refractivity contribution in [3.05, 3.63) is 35.9 Å². The molecule has 3 rings (SSSR count). The smallest absolute Gasteiger partial charge is 0.310 e. The highest BCUT2D eigenvalue weighted by Gasteiger charge is 2.50. The first kappa shape index (κ1) is 12.7. The van der Waals surface area contributed by atoms with E-state index in [9.17, 15) is 4.79 Å². The fourth-order valence-corrected chi connectivity index (χ4v) is 3.70. The maximum Gasteiger partial charge on any atom is 0.310 e. The number of hydrogen-bond acceptors (Lipinski definition) is 3. The number of carbonyl (C=O) groups excluding carboxylic acids is 1. The summed E-state index contributed by atoms with van der Waals surface area (Å²) < 4.78 is 5.24. The number of nitrogens with zero attached hydrogens (tertiary/aromatic N) is 1. The number of likely N-dealkylation sites (tertiary alicyclic amines) is 1. The maximum atomic E-state index is 12.1. The summed E-state index contributed by atoms with van der Waals surface area (Å²) in [6.07, 6.45) is 2.32. The SMILES string of the molecule is CCOC(=O)[C@H]1[C@H]2CC[C@H]1N(Cc1ccccc1)C2. The van der Waals surface area contributed by atoms with Crippen molar-refractivity contribution in [3.8, 4) is 0 Å². The van der Waals surface area contributed by atoms with Gasteiger partial charge in [0.1, 0.15) is 0 Å². The summed E-state index contributed by atoms with van der Waals surface area (Å²) in [6, 6.07) is 10.9. The molecule has 3 atom stereocenters. The van der Waals surface area contributed by atoms with Crippen LogP contribution in [0.15, 0.2) is 30.3 Å². The van der Waals surface area contributed by atoms with E-state index in [-0.39, 0.29) is 11.9 Å². The summed E-state index contributed by atoms with van der Waals surface area (Å²) >= 11 is 0. The predicted octanol–water partition coefficient (Wildman–Crippen LogP) is 2.46. The average Bonchev–Trinajstić information content (AvgIpc) is 2.97. The van der Waals surface area contributed by atoms with Gasteiger partial charge < -0.3 is 4.74 Å². The molecule has 102 valence electrons. The molecular formula is C16H21NO2. The maximum absolute atomic E-state index is 12.1. The van der Waals surface area contributed by atoms with Gasteiger partial charge in [0.2, 0.25) is 0 Å². The van der Waals surface area contributed by atoms with Crippen molar-refractivity contribution in [2.75, 3.05) is 13.2 Å². The Bertz CT molecular complexity index is 445. The zero-order valence-corrected chi connectivity index (χ0v) is 11.4. The lowest BCUT2D eigenvalue weighted by Gasteiger charge is -2.27. The van der Waals surface area contributed by atoms with Gasteiger partial charge in [-0.2, -0.15) is 0 Å². The molecule has 2 aliphatic rings. The first-order chi connectivity index (χ1) is 9.29. The van der Waals surface area contributed by atoms with E-state index in [1.54, 1.807) is 0 Å². The Balaban J connectivity index is 1.69. The molecule has 1 saturated carbocycles. The van der Waals surface area contributed by atoms with E-state index in [0.29, 0.717) is 18.6 Å². The molecule has 1 aliphatic heterocycles. The standard InChI is InChI=1S/C16H21NO2/c1-2-19-16(18)15-13-8-9-14(15)17(11-13)10-12-6-4-3-5-7-12/h3-7,13-15H,2,8-11H2,1H3/t13-,14+,15-/m0/s1. The Morgan fingerprint density at radius 3 is 2.84 bits per heavy atom. The highest BCUT2D eigenvalue weighted by atomic mass is 16.5. The molecule has 1 aliphatic carbocycles. The number of piperidine rings is 1. The first-order valence-corrected chi connectivity index (χ1v) is 7.24. The van der Waals surface area contributed by atoms with E-state index in [2.05, 4.69) is 29.2 Å². The summed E-state index contributed by atoms with van der Waals surface area (Å²) in [6.45, 7) is 4.38. The van der Waals surface area contributed by atoms with E-state index in [1.807, 2.05) is 13.0 Å². The van der Waals surface area contributed by atoms with Crippen LogP contribution in [0.3, 0.4) is 0 Å². The van der Waals surface area contributed by atoms with Gasteiger partial charge in [-0.1, -0.05) is 30.3 Å². The van der Waals surface area contributed by atoms with E-state index >= 15 is 0 Å². The van der Waals surface area contributed by atoms with Gasteiger partial charge in [-0.25, -0.2) is 0 Å². The Labute approximate surface area is 114 Å². The number of hydrogen-bond donors (Lipinski definition) is 0. The van der Waals surface area contributed by atoms with Crippen LogP contribution in [0.4, 0.5) is 0 Å². The Morgan fingerprint density at radius 2 is 2.11 bits per heavy atom. The number of benzene rings is 1. The van der Waals surface area contributed by atoms with Crippen molar-refractivity contribution >= 4 is 5.97 Å². The van der Waals surface area contributed by atoms with Crippen LogP contribution >= 0.6 is 0 Å². The molecular weight excluding hydrogens is 238 g/mol. The van der Waals surface area contributed by atoms with Crippen molar-refractivity contribution in [1.29, 1.82) is 0 Å². The van der Waals surface area contributed by atoms with Crippen LogP contribution in [0.5, 0.6) is 0 Å². The minimum absolute atomic E-state index is 0.0190. The van der Waals surface area contributed by atoms with Gasteiger partial charge in [-0.15, -0.1) is 0 Å². The minimum atomic E-state index is 0.0190. The summed E-state index contributed by atoms with van der Waals surface area (Å²) in [7, 11) is 0. The van der Waals surface area contributed by atoms with Crippen LogP contribution in [0.1, 0.15) is 25.3 Å². The fourth-order valence-electron chi connectivity index (χ4n) is 3.70. The van der Waals surface area contributed by atoms with Gasteiger partial charge in [-0.05, 0) is 31.2 Å². The second kappa shape index (κ2) is 5.33. The molecule has 3 heteroatoms. The first-order valence-electron chi connectivity index (χ1n) is 7.24. The van der Waals surface area contributed by atoms with Crippen molar-refractivity contribution in [1.82, 2.24) is 4.90 Å². The molecule has 2 bridgehead atoms. The third-order valence-electron chi connectivity index (χ3n) is 4.48. The van der Waals surface area contributed by atoms with Gasteiger partial charge >= 0.3 is 5.97 Å². The molecule has 19 heavy (non-hydrogen) atoms. The summed E-state index contributed by atoms with van der Waals surface area (Å²) in [5.41, 5.74) is 1.33. The van der Waals surface area contributed by atoms with Crippen LogP contribution in [0, 0.1) is 11.8 Å². The van der Waals surface area contributed by atoms with E-state index in [0.717, 1.165) is 19.5 Å². The van der Waals surface area contributed by atoms with E-state index in [4.69, 9.17) is 4.74 Å². The zero-order chi connectivity index (χ0) is 13.2. The lowest BCUT2D eigenvalue weighted by molar-refractivity contribution is -0.149. The highest BCUT2D eigenvalue weighted by molar-refractivity contribution is 5.74. The monoisotopic (exact) mass is 259 g/mol. The van der Waals surface area contributed by atoms with E-state index in [1.165, 1.54) is 12.0 Å². The molecule has 0 unspecified atom stereocenters. The van der Waals surface area contributed by atoms with Crippen molar-refractivity contribution in [2.24, 2.45) is 11.8 Å². The van der Waals surface area contributed by atoms with Crippen molar-refractivity contribution in [3.63, 3.8) is 0 Å². The third-order valence-corrected chi connectivity index (χ3v) is 4.48. The molecule has 0 radical (unpaired) electrons. The molecule has 0 aromatic heterocycles. The highest BCUT2D eigenvalue weighted by Crippen LogP contribution is 2.43. The molecule has 0 N–H and O–H groups in total. The van der Waals surface area contributed by atoms with Crippen LogP contribution in [-0.4, -0.2) is 30.1 Å². The van der Waals surface area contributed by atoms with Gasteiger partial charge in [0.05, 0.1) is 12.5 Å². The minimum Gasteiger partial charge on any atom is -0.466 e. The van der Waals surface area contributed by atoms with Gasteiger partial charge in [-0.3, -0.25) is 9.69 Å². The molecule has 0 spiro atoms. The summed E-state index contributed by atoms with van der Waals surface area (Å²) in [4.78, 5) is 14.5. The molecule has 1 heterocycles. The quantitative estimate of drug-likeness (QED) is 0.778. The molecule has 1 aromatic rings. The van der Waals surface area contributed by atoms with Crippen LogP contribution in [-0.2, 0) is 16.1 Å². The Morgan fingerprint density at radius 1 is 1.32 bits per heavy atom. The zero-order valence-electron chi connectivity index (χ0n) is 11.4. The number of fused-ring (bicyclic) bond motifs is 2. The lowest BCUT2D eigenvalue weighted by Crippen LogP contribution is -2.34. The summed E-state index contributed by atoms with van der Waals surface area (Å²) in [5.74, 6) is 0.641. The molecule has 2 fully saturated rings. The van der Waals surface area contributed by atoms with Crippen LogP contribution < -0.4 is 0 Å². The number of rotatable bonds is 4. The number of esters is 1. The fraction of sp³-hybridized carbons (Fsp3) is 0.562. The van der Waals surface area contributed by atoms with Crippen molar-refractivity contribution in [2.45, 2.75) is 32.4 Å². The average molecular weight is 259 g/mol. The normalized spacial score (nSPS) is 29.6. The Kier molecular flexibility index (Phi) is 3.56. The van der Waals surface area contributed by atoms with Crippen molar-refractivity contribution < 1.29 is 9.53 Å². The number of ether oxygens (including phenoxy) is 1. The second-order valence-electron chi connectivity index (χ2n) is 5.60. The molecule has 0 amide bonds. The van der Waals surface area contributed by atoms with Gasteiger partial charge in [0.15, 0.2) is 0 Å². The van der Waals surface area contributed by atoms with E-state index < -0.39 is 0 Å². The van der Waals surface area contributed by atoms with Crippen LogP contribution in [0.25, 0.3) is 0 Å². The predicted molar refractivity (Wildman–Crippen MR) is 73.5 cm³/mol. The number of carbonyl (C=O) groups is 1. The van der Waals surface area contributed by atoms with Gasteiger partial charge in [0, 0.05) is 19.1 Å². The Hall–Kier alpha value is -1.35. The van der Waals surface area contributed by atoms with Gasteiger partial charge in [0.25, 0.3) is 0 Å².